The maximum atomic E-state index is 13.8. The van der Waals surface area contributed by atoms with Gasteiger partial charge < -0.3 is 33.0 Å². The Morgan fingerprint density at radius 2 is 1.77 bits per heavy atom. The summed E-state index contributed by atoms with van der Waals surface area (Å²) in [5.74, 6) is 2.74. The van der Waals surface area contributed by atoms with E-state index in [9.17, 15) is 9.59 Å². The number of benzene rings is 3. The van der Waals surface area contributed by atoms with Crippen LogP contribution < -0.4 is 29.3 Å². The van der Waals surface area contributed by atoms with Gasteiger partial charge in [-0.1, -0.05) is 0 Å². The molecule has 0 saturated carbocycles. The van der Waals surface area contributed by atoms with E-state index in [4.69, 9.17) is 28.1 Å². The summed E-state index contributed by atoms with van der Waals surface area (Å²) in [6.07, 6.45) is 0.642. The van der Waals surface area contributed by atoms with Gasteiger partial charge in [-0.25, -0.2) is 4.79 Å². The molecule has 39 heavy (non-hydrogen) atoms. The summed E-state index contributed by atoms with van der Waals surface area (Å²) in [4.78, 5) is 27.5. The molecule has 0 fully saturated rings. The molecule has 9 heteroatoms. The monoisotopic (exact) mass is 529 g/mol. The van der Waals surface area contributed by atoms with Gasteiger partial charge in [0.25, 0.3) is 5.91 Å². The maximum Gasteiger partial charge on any atom is 0.336 e. The van der Waals surface area contributed by atoms with Crippen molar-refractivity contribution in [3.63, 3.8) is 0 Å². The minimum atomic E-state index is -0.424. The van der Waals surface area contributed by atoms with Crippen molar-refractivity contribution in [3.8, 4) is 28.7 Å². The molecule has 0 radical (unpaired) electrons. The second-order valence-corrected chi connectivity index (χ2v) is 9.46. The van der Waals surface area contributed by atoms with Crippen LogP contribution in [0.3, 0.4) is 0 Å². The Hall–Kier alpha value is -4.66. The van der Waals surface area contributed by atoms with Gasteiger partial charge in [0.05, 0.1) is 20.3 Å². The number of hydrogen-bond donors (Lipinski definition) is 0. The third-order valence-electron chi connectivity index (χ3n) is 7.21. The minimum Gasteiger partial charge on any atom is -0.493 e. The van der Waals surface area contributed by atoms with Gasteiger partial charge >= 0.3 is 5.63 Å². The third kappa shape index (κ3) is 4.50. The Morgan fingerprint density at radius 3 is 2.59 bits per heavy atom. The molecule has 6 rings (SSSR count). The molecule has 0 bridgehead atoms. The second kappa shape index (κ2) is 9.90. The van der Waals surface area contributed by atoms with E-state index < -0.39 is 11.7 Å². The highest BCUT2D eigenvalue weighted by Gasteiger charge is 2.34. The van der Waals surface area contributed by atoms with Crippen LogP contribution in [0.1, 0.15) is 33.1 Å². The van der Waals surface area contributed by atoms with Crippen LogP contribution in [-0.2, 0) is 6.42 Å². The average molecular weight is 530 g/mol. The fourth-order valence-corrected chi connectivity index (χ4v) is 5.22. The molecule has 0 unspecified atom stereocenters. The molecule has 1 aromatic heterocycles. The molecule has 0 saturated heterocycles. The van der Waals surface area contributed by atoms with Crippen LogP contribution in [0.5, 0.6) is 28.7 Å². The Bertz CT molecular complexity index is 1640. The van der Waals surface area contributed by atoms with Gasteiger partial charge in [-0.3, -0.25) is 4.79 Å². The molecule has 0 N–H and O–H groups in total. The highest BCUT2D eigenvalue weighted by atomic mass is 16.7. The van der Waals surface area contributed by atoms with E-state index >= 15 is 0 Å². The molecule has 1 atom stereocenters. The zero-order valence-corrected chi connectivity index (χ0v) is 21.8. The number of rotatable bonds is 6. The summed E-state index contributed by atoms with van der Waals surface area (Å²) in [5, 5.41) is 0.835. The quantitative estimate of drug-likeness (QED) is 0.333. The standard InChI is InChI=1S/C30H27NO8/c1-17-10-29(32)39-25-13-20(5-6-21(17)25)36-15-23-22-14-27(35-3)26(34-2)11-18(22)8-9-31(23)30(33)19-4-7-24-28(12-19)38-16-37-24/h4-7,10-14,23H,8-9,15-16H2,1-3H3/t23-/m1/s1. The molecule has 3 aromatic carbocycles. The normalized spacial score (nSPS) is 15.7. The molecular formula is C30H27NO8. The van der Waals surface area contributed by atoms with Crippen LogP contribution >= 0.6 is 0 Å². The van der Waals surface area contributed by atoms with Crippen LogP contribution in [0.25, 0.3) is 11.0 Å². The number of carbonyl (C=O) groups excluding carboxylic acids is 1. The van der Waals surface area contributed by atoms with E-state index in [1.165, 1.54) is 6.07 Å². The minimum absolute atomic E-state index is 0.133. The van der Waals surface area contributed by atoms with Gasteiger partial charge in [0.1, 0.15) is 17.9 Å². The summed E-state index contributed by atoms with van der Waals surface area (Å²) >= 11 is 0. The van der Waals surface area contributed by atoms with Crippen LogP contribution in [0.4, 0.5) is 0 Å². The predicted octanol–water partition coefficient (Wildman–Crippen LogP) is 4.67. The van der Waals surface area contributed by atoms with E-state index in [0.717, 1.165) is 22.1 Å². The lowest BCUT2D eigenvalue weighted by Crippen LogP contribution is -2.42. The molecular weight excluding hydrogens is 502 g/mol. The largest absolute Gasteiger partial charge is 0.493 e. The number of ether oxygens (including phenoxy) is 5. The van der Waals surface area contributed by atoms with E-state index in [1.807, 2.05) is 31.2 Å². The van der Waals surface area contributed by atoms with Crippen LogP contribution in [-0.4, -0.2) is 45.0 Å². The third-order valence-corrected chi connectivity index (χ3v) is 7.21. The van der Waals surface area contributed by atoms with Crippen LogP contribution in [0.15, 0.2) is 63.8 Å². The summed E-state index contributed by atoms with van der Waals surface area (Å²) in [7, 11) is 3.18. The highest BCUT2D eigenvalue weighted by molar-refractivity contribution is 5.95. The maximum absolute atomic E-state index is 13.8. The Kier molecular flexibility index (Phi) is 6.26. The molecule has 200 valence electrons. The van der Waals surface area contributed by atoms with Crippen molar-refractivity contribution in [3.05, 3.63) is 87.3 Å². The zero-order chi connectivity index (χ0) is 27.1. The number of nitrogens with zero attached hydrogens (tertiary/aromatic N) is 1. The van der Waals surface area contributed by atoms with Crippen molar-refractivity contribution in [1.82, 2.24) is 4.90 Å². The summed E-state index contributed by atoms with van der Waals surface area (Å²) in [6, 6.07) is 15.5. The Morgan fingerprint density at radius 1 is 0.974 bits per heavy atom. The first-order valence-corrected chi connectivity index (χ1v) is 12.6. The number of fused-ring (bicyclic) bond motifs is 3. The van der Waals surface area contributed by atoms with Crippen molar-refractivity contribution >= 4 is 16.9 Å². The van der Waals surface area contributed by atoms with Gasteiger partial charge in [0, 0.05) is 29.6 Å². The van der Waals surface area contributed by atoms with Crippen LogP contribution in [0.2, 0.25) is 0 Å². The van der Waals surface area contributed by atoms with Gasteiger partial charge in [0.15, 0.2) is 23.0 Å². The molecule has 0 aliphatic carbocycles. The first kappa shape index (κ1) is 24.7. The van der Waals surface area contributed by atoms with E-state index in [0.29, 0.717) is 52.9 Å². The lowest BCUT2D eigenvalue weighted by molar-refractivity contribution is 0.0589. The zero-order valence-electron chi connectivity index (χ0n) is 21.8. The highest BCUT2D eigenvalue weighted by Crippen LogP contribution is 2.40. The summed E-state index contributed by atoms with van der Waals surface area (Å²) in [5.41, 5.74) is 3.32. The van der Waals surface area contributed by atoms with E-state index in [-0.39, 0.29) is 19.3 Å². The van der Waals surface area contributed by atoms with Gasteiger partial charge in [0.2, 0.25) is 6.79 Å². The molecule has 0 spiro atoms. The topological polar surface area (TPSA) is 96.7 Å². The SMILES string of the molecule is COc1cc2c(cc1OC)[C@@H](COc1ccc3c(C)cc(=O)oc3c1)N(C(=O)c1ccc3c(c1)OCO3)CC2. The lowest BCUT2D eigenvalue weighted by atomic mass is 9.91. The Balaban J connectivity index is 1.36. The van der Waals surface area contributed by atoms with E-state index in [2.05, 4.69) is 0 Å². The molecule has 9 nitrogen and oxygen atoms in total. The summed E-state index contributed by atoms with van der Waals surface area (Å²) in [6.45, 7) is 2.64. The van der Waals surface area contributed by atoms with Crippen molar-refractivity contribution in [2.45, 2.75) is 19.4 Å². The van der Waals surface area contributed by atoms with Crippen LogP contribution in [0, 0.1) is 6.92 Å². The first-order chi connectivity index (χ1) is 18.9. The van der Waals surface area contributed by atoms with Crippen molar-refractivity contribution in [1.29, 1.82) is 0 Å². The van der Waals surface area contributed by atoms with Crippen molar-refractivity contribution in [2.24, 2.45) is 0 Å². The first-order valence-electron chi connectivity index (χ1n) is 12.6. The molecule has 4 aromatic rings. The summed E-state index contributed by atoms with van der Waals surface area (Å²) < 4.78 is 33.6. The molecule has 1 amide bonds. The van der Waals surface area contributed by atoms with Gasteiger partial charge in [-0.2, -0.15) is 0 Å². The molecule has 3 heterocycles. The fraction of sp³-hybridized carbons (Fsp3) is 0.267. The Labute approximate surface area is 224 Å². The molecule has 2 aliphatic heterocycles. The number of methoxy groups -OCH3 is 2. The molecule has 2 aliphatic rings. The van der Waals surface area contributed by atoms with Crippen molar-refractivity contribution in [2.75, 3.05) is 34.2 Å². The predicted molar refractivity (Wildman–Crippen MR) is 142 cm³/mol. The lowest BCUT2D eigenvalue weighted by Gasteiger charge is -2.37. The second-order valence-electron chi connectivity index (χ2n) is 9.46. The smallest absolute Gasteiger partial charge is 0.336 e. The van der Waals surface area contributed by atoms with Gasteiger partial charge in [-0.15, -0.1) is 0 Å². The number of amides is 1. The average Bonchev–Trinajstić information content (AvgIpc) is 3.42. The van der Waals surface area contributed by atoms with Gasteiger partial charge in [-0.05, 0) is 72.5 Å². The number of hydrogen-bond acceptors (Lipinski definition) is 8. The van der Waals surface area contributed by atoms with E-state index in [1.54, 1.807) is 43.4 Å². The van der Waals surface area contributed by atoms with Crippen molar-refractivity contribution < 1.29 is 32.9 Å². The number of aryl methyl sites for hydroxylation is 1. The number of carbonyl (C=O) groups is 1. The fourth-order valence-electron chi connectivity index (χ4n) is 5.22.